The molecule has 1 aliphatic heterocycles. The van der Waals surface area contributed by atoms with E-state index in [-0.39, 0.29) is 21.5 Å². The first kappa shape index (κ1) is 29.9. The number of hydrogen-bond donors (Lipinski definition) is 0. The first-order chi connectivity index (χ1) is 16.7. The molecule has 15 heteroatoms. The van der Waals surface area contributed by atoms with Gasteiger partial charge in [-0.15, -0.1) is 0 Å². The SMILES string of the molecule is CN1CCC2C(Br)=CC=C([N+](=O)[O-])C2C1.CS(=O)(=O)O[O-].C[n+]1ccc2c(Br)ccc([N+](=O)[O-])c2c1. The van der Waals surface area contributed by atoms with Gasteiger partial charge in [-0.25, -0.2) is 13.0 Å². The highest BCUT2D eigenvalue weighted by molar-refractivity contribution is 9.11. The van der Waals surface area contributed by atoms with Crippen molar-refractivity contribution < 1.29 is 32.4 Å². The molecule has 0 amide bonds. The number of nitrogens with zero attached hydrogens (tertiary/aromatic N) is 4. The summed E-state index contributed by atoms with van der Waals surface area (Å²) in [6.45, 7) is 1.79. The summed E-state index contributed by atoms with van der Waals surface area (Å²) in [6.07, 6.45) is 8.73. The Morgan fingerprint density at radius 1 is 1.08 bits per heavy atom. The highest BCUT2D eigenvalue weighted by Gasteiger charge is 2.39. The molecule has 4 rings (SSSR count). The van der Waals surface area contributed by atoms with Crippen LogP contribution < -0.4 is 9.82 Å². The van der Waals surface area contributed by atoms with Gasteiger partial charge in [0.25, 0.3) is 21.5 Å². The quantitative estimate of drug-likeness (QED) is 0.210. The van der Waals surface area contributed by atoms with Crippen molar-refractivity contribution in [3.63, 3.8) is 0 Å². The molecule has 0 N–H and O–H groups in total. The second-order valence-corrected chi connectivity index (χ2v) is 11.5. The summed E-state index contributed by atoms with van der Waals surface area (Å²) in [6, 6.07) is 5.05. The molecule has 0 spiro atoms. The summed E-state index contributed by atoms with van der Waals surface area (Å²) in [5.41, 5.74) is 0.485. The average Bonchev–Trinajstić information content (AvgIpc) is 2.79. The standard InChI is InChI=1S/C10H13BrN2O2.C10H8BrN2O2.CH4O4S/c2*1-12-5-4-7-8(6-12)10(13(14)15)3-2-9(7)11;1-6(3,4)5-2/h2-3,7-8H,4-6H2,1H3;2-6H,1H3;2H,1H3/q;+1;/p-1. The van der Waals surface area contributed by atoms with Crippen molar-refractivity contribution in [3.05, 3.63) is 77.6 Å². The molecule has 1 fully saturated rings. The zero-order chi connectivity index (χ0) is 27.2. The van der Waals surface area contributed by atoms with Gasteiger partial charge in [-0.3, -0.25) is 20.2 Å². The fourth-order valence-electron chi connectivity index (χ4n) is 3.85. The maximum Gasteiger partial charge on any atom is 0.283 e. The van der Waals surface area contributed by atoms with Crippen molar-refractivity contribution in [2.24, 2.45) is 18.9 Å². The number of rotatable bonds is 3. The molecule has 36 heavy (non-hydrogen) atoms. The lowest BCUT2D eigenvalue weighted by molar-refractivity contribution is -0.670. The fraction of sp³-hybridized carbons (Fsp3) is 0.381. The van der Waals surface area contributed by atoms with Gasteiger partial charge in [0.2, 0.25) is 0 Å². The van der Waals surface area contributed by atoms with Crippen LogP contribution in [-0.2, 0) is 21.5 Å². The summed E-state index contributed by atoms with van der Waals surface area (Å²) in [5, 5.41) is 32.1. The predicted octanol–water partition coefficient (Wildman–Crippen LogP) is 2.58. The van der Waals surface area contributed by atoms with E-state index in [9.17, 15) is 28.6 Å². The highest BCUT2D eigenvalue weighted by Crippen LogP contribution is 2.39. The Kier molecular flexibility index (Phi) is 10.6. The molecule has 1 saturated heterocycles. The van der Waals surface area contributed by atoms with E-state index in [1.165, 1.54) is 6.07 Å². The number of likely N-dealkylation sites (tertiary alicyclic amines) is 1. The minimum absolute atomic E-state index is 0.0399. The topological polar surface area (TPSA) is 160 Å². The van der Waals surface area contributed by atoms with E-state index >= 15 is 0 Å². The summed E-state index contributed by atoms with van der Waals surface area (Å²) >= 11 is 6.87. The number of aryl methyl sites for hydroxylation is 1. The highest BCUT2D eigenvalue weighted by atomic mass is 79.9. The Morgan fingerprint density at radius 2 is 1.72 bits per heavy atom. The summed E-state index contributed by atoms with van der Waals surface area (Å²) in [4.78, 5) is 23.3. The summed E-state index contributed by atoms with van der Waals surface area (Å²) in [5.74, 6) is 0.338. The van der Waals surface area contributed by atoms with Crippen LogP contribution in [-0.4, -0.2) is 49.6 Å². The second-order valence-electron chi connectivity index (χ2n) is 8.20. The van der Waals surface area contributed by atoms with Gasteiger partial charge in [-0.05, 0) is 36.6 Å². The number of nitro benzene ring substituents is 1. The first-order valence-corrected chi connectivity index (χ1v) is 13.8. The number of aromatic nitrogens is 1. The largest absolute Gasteiger partial charge is 0.707 e. The number of pyridine rings is 1. The predicted molar refractivity (Wildman–Crippen MR) is 137 cm³/mol. The lowest BCUT2D eigenvalue weighted by atomic mass is 9.80. The molecule has 196 valence electrons. The van der Waals surface area contributed by atoms with Crippen LogP contribution in [0.5, 0.6) is 0 Å². The summed E-state index contributed by atoms with van der Waals surface area (Å²) in [7, 11) is 0.134. The molecule has 12 nitrogen and oxygen atoms in total. The van der Waals surface area contributed by atoms with Gasteiger partial charge in [0, 0.05) is 40.5 Å². The second kappa shape index (κ2) is 12.8. The molecule has 0 saturated carbocycles. The van der Waals surface area contributed by atoms with Gasteiger partial charge in [0.15, 0.2) is 12.4 Å². The van der Waals surface area contributed by atoms with Crippen LogP contribution in [0.2, 0.25) is 0 Å². The van der Waals surface area contributed by atoms with Crippen molar-refractivity contribution in [2.75, 3.05) is 26.4 Å². The fourth-order valence-corrected chi connectivity index (χ4v) is 5.01. The minimum Gasteiger partial charge on any atom is -0.707 e. The number of fused-ring (bicyclic) bond motifs is 2. The van der Waals surface area contributed by atoms with Gasteiger partial charge in [-0.2, -0.15) is 0 Å². The van der Waals surface area contributed by atoms with E-state index < -0.39 is 10.1 Å². The number of hydrogen-bond acceptors (Lipinski definition) is 9. The van der Waals surface area contributed by atoms with E-state index in [2.05, 4.69) is 41.1 Å². The van der Waals surface area contributed by atoms with Gasteiger partial charge in [-0.1, -0.05) is 31.9 Å². The van der Waals surface area contributed by atoms with Crippen LogP contribution >= 0.6 is 31.9 Å². The number of benzene rings is 1. The molecule has 1 aromatic carbocycles. The normalized spacial score (nSPS) is 19.5. The minimum atomic E-state index is -3.72. The third kappa shape index (κ3) is 8.11. The lowest BCUT2D eigenvalue weighted by Crippen LogP contribution is -2.41. The molecule has 2 heterocycles. The van der Waals surface area contributed by atoms with E-state index in [1.807, 2.05) is 32.4 Å². The molecule has 2 aromatic rings. The van der Waals surface area contributed by atoms with Gasteiger partial charge in [0.05, 0.1) is 22.0 Å². The average molecular weight is 652 g/mol. The van der Waals surface area contributed by atoms with Gasteiger partial charge in [0.1, 0.15) is 12.4 Å². The van der Waals surface area contributed by atoms with Crippen LogP contribution in [0, 0.1) is 32.1 Å². The molecule has 1 aromatic heterocycles. The molecule has 2 aliphatic rings. The van der Waals surface area contributed by atoms with Gasteiger partial charge < -0.3 is 14.5 Å². The van der Waals surface area contributed by atoms with Crippen LogP contribution in [0.1, 0.15) is 6.42 Å². The Bertz CT molecular complexity index is 1320. The van der Waals surface area contributed by atoms with Crippen LogP contribution in [0.3, 0.4) is 0 Å². The van der Waals surface area contributed by atoms with Crippen molar-refractivity contribution >= 4 is 58.4 Å². The molecule has 2 atom stereocenters. The van der Waals surface area contributed by atoms with E-state index in [4.69, 9.17) is 5.26 Å². The monoisotopic (exact) mass is 650 g/mol. The van der Waals surface area contributed by atoms with Crippen molar-refractivity contribution in [1.29, 1.82) is 0 Å². The molecule has 0 bridgehead atoms. The lowest BCUT2D eigenvalue weighted by Gasteiger charge is -2.36. The van der Waals surface area contributed by atoms with Crippen molar-refractivity contribution in [3.8, 4) is 0 Å². The zero-order valence-corrected chi connectivity index (χ0v) is 23.5. The third-order valence-electron chi connectivity index (χ3n) is 5.51. The van der Waals surface area contributed by atoms with Gasteiger partial charge >= 0.3 is 0 Å². The van der Waals surface area contributed by atoms with Crippen LogP contribution in [0.15, 0.2) is 57.4 Å². The summed E-state index contributed by atoms with van der Waals surface area (Å²) < 4.78 is 25.4. The number of non-ortho nitro benzene ring substituents is 1. The van der Waals surface area contributed by atoms with Crippen LogP contribution in [0.25, 0.3) is 10.8 Å². The van der Waals surface area contributed by atoms with Crippen LogP contribution in [0.4, 0.5) is 5.69 Å². The number of nitro groups is 2. The molecule has 0 radical (unpaired) electrons. The molecule has 2 unspecified atom stereocenters. The number of allylic oxidation sites excluding steroid dienone is 3. The maximum atomic E-state index is 10.9. The van der Waals surface area contributed by atoms with Crippen molar-refractivity contribution in [2.45, 2.75) is 6.42 Å². The first-order valence-electron chi connectivity index (χ1n) is 10.4. The Balaban J connectivity index is 0.000000208. The van der Waals surface area contributed by atoms with E-state index in [0.717, 1.165) is 33.9 Å². The number of halogens is 2. The van der Waals surface area contributed by atoms with E-state index in [1.54, 1.807) is 22.9 Å². The Labute approximate surface area is 224 Å². The van der Waals surface area contributed by atoms with Crippen molar-refractivity contribution in [1.82, 2.24) is 4.90 Å². The smallest absolute Gasteiger partial charge is 0.283 e. The Hall–Kier alpha value is -2.30. The molecule has 1 aliphatic carbocycles. The third-order valence-corrected chi connectivity index (χ3v) is 7.31. The zero-order valence-electron chi connectivity index (χ0n) is 19.5. The van der Waals surface area contributed by atoms with E-state index in [0.29, 0.717) is 23.3 Å². The molecular weight excluding hydrogens is 628 g/mol. The Morgan fingerprint density at radius 3 is 2.28 bits per heavy atom. The maximum absolute atomic E-state index is 10.9. The molecular formula is C21H24Br2N4O8S. The number of piperidine rings is 1.